The summed E-state index contributed by atoms with van der Waals surface area (Å²) in [6, 6.07) is 5.89. The fourth-order valence-corrected chi connectivity index (χ4v) is 1.69. The minimum absolute atomic E-state index is 0.0715. The van der Waals surface area contributed by atoms with E-state index in [1.54, 1.807) is 0 Å². The Hall–Kier alpha value is -1.25. The van der Waals surface area contributed by atoms with Crippen molar-refractivity contribution in [3.63, 3.8) is 0 Å². The largest absolute Gasteiger partial charge is 0.361 e. The predicted molar refractivity (Wildman–Crippen MR) is 66.0 cm³/mol. The predicted octanol–water partition coefficient (Wildman–Crippen LogP) is 3.18. The van der Waals surface area contributed by atoms with Crippen LogP contribution in [0.5, 0.6) is 0 Å². The molecule has 1 aromatic carbocycles. The van der Waals surface area contributed by atoms with Gasteiger partial charge in [0.15, 0.2) is 0 Å². The fraction of sp³-hybridized carbons (Fsp3) is 0.167. The van der Waals surface area contributed by atoms with Crippen LogP contribution in [0.1, 0.15) is 12.5 Å². The summed E-state index contributed by atoms with van der Waals surface area (Å²) in [5.41, 5.74) is 7.84. The van der Waals surface area contributed by atoms with E-state index in [9.17, 15) is 0 Å². The molecule has 2 rings (SSSR count). The molecule has 2 nitrogen and oxygen atoms in total. The molecule has 2 aromatic rings. The minimum Gasteiger partial charge on any atom is -0.361 e. The van der Waals surface area contributed by atoms with Crippen molar-refractivity contribution >= 4 is 28.6 Å². The standard InChI is InChI=1S/C12H13ClN2/c1-8(14)2-3-9-7-15-12-6-10(13)4-5-11(9)12/h2-8,15H,14H2,1H3/b3-2+. The van der Waals surface area contributed by atoms with E-state index in [0.717, 1.165) is 21.5 Å². The number of H-pyrrole nitrogens is 1. The highest BCUT2D eigenvalue weighted by molar-refractivity contribution is 6.31. The molecule has 1 atom stereocenters. The van der Waals surface area contributed by atoms with E-state index in [2.05, 4.69) is 4.98 Å². The van der Waals surface area contributed by atoms with Gasteiger partial charge in [0.05, 0.1) is 0 Å². The molecule has 0 bridgehead atoms. The number of benzene rings is 1. The summed E-state index contributed by atoms with van der Waals surface area (Å²) in [5, 5.41) is 1.91. The first-order chi connectivity index (χ1) is 7.16. The third kappa shape index (κ3) is 2.22. The van der Waals surface area contributed by atoms with E-state index in [0.29, 0.717) is 0 Å². The number of hydrogen-bond donors (Lipinski definition) is 2. The molecule has 0 amide bonds. The highest BCUT2D eigenvalue weighted by atomic mass is 35.5. The summed E-state index contributed by atoms with van der Waals surface area (Å²) < 4.78 is 0. The summed E-state index contributed by atoms with van der Waals surface area (Å²) in [6.07, 6.45) is 5.95. The van der Waals surface area contributed by atoms with Crippen molar-refractivity contribution in [1.29, 1.82) is 0 Å². The number of rotatable bonds is 2. The van der Waals surface area contributed by atoms with Gasteiger partial charge in [0.1, 0.15) is 0 Å². The molecule has 0 radical (unpaired) electrons. The number of halogens is 1. The summed E-state index contributed by atoms with van der Waals surface area (Å²) in [6.45, 7) is 1.95. The molecule has 0 aliphatic heterocycles. The maximum atomic E-state index is 5.90. The Kier molecular flexibility index (Phi) is 2.80. The lowest BCUT2D eigenvalue weighted by Gasteiger charge is -1.95. The van der Waals surface area contributed by atoms with Gasteiger partial charge < -0.3 is 10.7 Å². The van der Waals surface area contributed by atoms with Crippen molar-refractivity contribution in [2.24, 2.45) is 5.73 Å². The Balaban J connectivity index is 2.45. The van der Waals surface area contributed by atoms with Gasteiger partial charge >= 0.3 is 0 Å². The van der Waals surface area contributed by atoms with Crippen LogP contribution in [-0.2, 0) is 0 Å². The Morgan fingerprint density at radius 2 is 2.27 bits per heavy atom. The maximum Gasteiger partial charge on any atom is 0.0475 e. The van der Waals surface area contributed by atoms with Gasteiger partial charge in [-0.05, 0) is 24.6 Å². The molecule has 0 spiro atoms. The molecule has 0 fully saturated rings. The second kappa shape index (κ2) is 4.09. The maximum absolute atomic E-state index is 5.90. The first-order valence-electron chi connectivity index (χ1n) is 4.87. The van der Waals surface area contributed by atoms with Crippen molar-refractivity contribution in [3.8, 4) is 0 Å². The zero-order valence-electron chi connectivity index (χ0n) is 8.50. The van der Waals surface area contributed by atoms with Gasteiger partial charge in [0.2, 0.25) is 0 Å². The monoisotopic (exact) mass is 220 g/mol. The van der Waals surface area contributed by atoms with Crippen molar-refractivity contribution in [3.05, 3.63) is 41.1 Å². The van der Waals surface area contributed by atoms with Gasteiger partial charge in [-0.2, -0.15) is 0 Å². The van der Waals surface area contributed by atoms with Crippen LogP contribution in [0.3, 0.4) is 0 Å². The zero-order chi connectivity index (χ0) is 10.8. The van der Waals surface area contributed by atoms with Crippen LogP contribution in [-0.4, -0.2) is 11.0 Å². The van der Waals surface area contributed by atoms with Gasteiger partial charge in [0.25, 0.3) is 0 Å². The lowest BCUT2D eigenvalue weighted by molar-refractivity contribution is 0.931. The molecule has 0 aliphatic rings. The Morgan fingerprint density at radius 1 is 1.47 bits per heavy atom. The highest BCUT2D eigenvalue weighted by Gasteiger charge is 2.00. The Bertz CT molecular complexity index is 497. The average molecular weight is 221 g/mol. The SMILES string of the molecule is CC(N)/C=C/c1c[nH]c2cc(Cl)ccc12. The number of aromatic amines is 1. The normalized spacial score (nSPS) is 13.8. The smallest absolute Gasteiger partial charge is 0.0475 e. The first kappa shape index (κ1) is 10.3. The summed E-state index contributed by atoms with van der Waals surface area (Å²) in [5.74, 6) is 0. The Labute approximate surface area is 93.7 Å². The molecule has 1 unspecified atom stereocenters. The highest BCUT2D eigenvalue weighted by Crippen LogP contribution is 2.22. The van der Waals surface area contributed by atoms with Gasteiger partial charge in [-0.1, -0.05) is 29.8 Å². The number of nitrogens with one attached hydrogen (secondary N) is 1. The van der Waals surface area contributed by atoms with E-state index < -0.39 is 0 Å². The molecule has 15 heavy (non-hydrogen) atoms. The molecule has 0 aliphatic carbocycles. The van der Waals surface area contributed by atoms with E-state index in [1.165, 1.54) is 0 Å². The molecular weight excluding hydrogens is 208 g/mol. The Morgan fingerprint density at radius 3 is 3.00 bits per heavy atom. The zero-order valence-corrected chi connectivity index (χ0v) is 9.25. The van der Waals surface area contributed by atoms with E-state index in [-0.39, 0.29) is 6.04 Å². The number of nitrogens with two attached hydrogens (primary N) is 1. The van der Waals surface area contributed by atoms with E-state index >= 15 is 0 Å². The van der Waals surface area contributed by atoms with Crippen molar-refractivity contribution in [2.75, 3.05) is 0 Å². The van der Waals surface area contributed by atoms with Gasteiger partial charge in [-0.3, -0.25) is 0 Å². The second-order valence-electron chi connectivity index (χ2n) is 3.65. The summed E-state index contributed by atoms with van der Waals surface area (Å²) in [7, 11) is 0. The van der Waals surface area contributed by atoms with Crippen LogP contribution in [0.25, 0.3) is 17.0 Å². The van der Waals surface area contributed by atoms with Crippen molar-refractivity contribution in [1.82, 2.24) is 4.98 Å². The lowest BCUT2D eigenvalue weighted by Crippen LogP contribution is -2.09. The average Bonchev–Trinajstić information content (AvgIpc) is 2.57. The molecule has 1 aromatic heterocycles. The minimum atomic E-state index is 0.0715. The number of aromatic nitrogens is 1. The van der Waals surface area contributed by atoms with Gasteiger partial charge in [-0.15, -0.1) is 0 Å². The molecule has 0 saturated heterocycles. The quantitative estimate of drug-likeness (QED) is 0.802. The first-order valence-corrected chi connectivity index (χ1v) is 5.25. The summed E-state index contributed by atoms with van der Waals surface area (Å²) in [4.78, 5) is 3.18. The summed E-state index contributed by atoms with van der Waals surface area (Å²) >= 11 is 5.90. The van der Waals surface area contributed by atoms with Crippen LogP contribution >= 0.6 is 11.6 Å². The second-order valence-corrected chi connectivity index (χ2v) is 4.09. The van der Waals surface area contributed by atoms with Gasteiger partial charge in [0, 0.05) is 28.2 Å². The third-order valence-electron chi connectivity index (χ3n) is 2.26. The van der Waals surface area contributed by atoms with E-state index in [4.69, 9.17) is 17.3 Å². The molecule has 78 valence electrons. The van der Waals surface area contributed by atoms with Crippen molar-refractivity contribution < 1.29 is 0 Å². The topological polar surface area (TPSA) is 41.8 Å². The van der Waals surface area contributed by atoms with Crippen molar-refractivity contribution in [2.45, 2.75) is 13.0 Å². The lowest BCUT2D eigenvalue weighted by atomic mass is 10.1. The number of hydrogen-bond acceptors (Lipinski definition) is 1. The molecular formula is C12H13ClN2. The van der Waals surface area contributed by atoms with Gasteiger partial charge in [-0.25, -0.2) is 0 Å². The molecule has 3 heteroatoms. The van der Waals surface area contributed by atoms with Crippen LogP contribution in [0.2, 0.25) is 5.02 Å². The molecule has 3 N–H and O–H groups in total. The van der Waals surface area contributed by atoms with Crippen LogP contribution in [0.4, 0.5) is 0 Å². The molecule has 1 heterocycles. The molecule has 0 saturated carbocycles. The van der Waals surface area contributed by atoms with Crippen LogP contribution in [0.15, 0.2) is 30.5 Å². The third-order valence-corrected chi connectivity index (χ3v) is 2.49. The van der Waals surface area contributed by atoms with Crippen LogP contribution in [0, 0.1) is 0 Å². The fourth-order valence-electron chi connectivity index (χ4n) is 1.51. The van der Waals surface area contributed by atoms with E-state index in [1.807, 2.05) is 43.5 Å². The van der Waals surface area contributed by atoms with Crippen LogP contribution < -0.4 is 5.73 Å². The number of fused-ring (bicyclic) bond motifs is 1.